The Hall–Kier alpha value is -3.14. The topological polar surface area (TPSA) is 66.1 Å². The first-order valence-electron chi connectivity index (χ1n) is 11.8. The third kappa shape index (κ3) is 4.52. The average molecular weight is 442 g/mol. The van der Waals surface area contributed by atoms with Crippen LogP contribution in [0.3, 0.4) is 0 Å². The van der Waals surface area contributed by atoms with Crippen LogP contribution in [0.2, 0.25) is 0 Å². The second kappa shape index (κ2) is 9.38. The van der Waals surface area contributed by atoms with Gasteiger partial charge in [0.25, 0.3) is 0 Å². The monoisotopic (exact) mass is 441 g/mol. The summed E-state index contributed by atoms with van der Waals surface area (Å²) in [6.45, 7) is 4.08. The number of benzene rings is 2. The minimum Gasteiger partial charge on any atom is -0.497 e. The molecule has 0 aliphatic carbocycles. The first-order chi connectivity index (χ1) is 16.1. The zero-order valence-corrected chi connectivity index (χ0v) is 19.4. The molecule has 33 heavy (non-hydrogen) atoms. The molecular formula is C27H31N5O. The zero-order valence-electron chi connectivity index (χ0n) is 19.4. The van der Waals surface area contributed by atoms with Crippen LogP contribution >= 0.6 is 0 Å². The van der Waals surface area contributed by atoms with E-state index >= 15 is 0 Å². The molecule has 6 nitrogen and oxygen atoms in total. The van der Waals surface area contributed by atoms with Gasteiger partial charge in [0.15, 0.2) is 0 Å². The first kappa shape index (κ1) is 21.7. The normalized spacial score (nSPS) is 23.9. The zero-order chi connectivity index (χ0) is 22.8. The highest BCUT2D eigenvalue weighted by Gasteiger charge is 2.41. The van der Waals surface area contributed by atoms with Crippen molar-refractivity contribution in [2.45, 2.75) is 31.3 Å². The van der Waals surface area contributed by atoms with Crippen molar-refractivity contribution in [2.75, 3.05) is 26.7 Å². The van der Waals surface area contributed by atoms with Crippen molar-refractivity contribution >= 4 is 0 Å². The molecule has 3 aliphatic heterocycles. The Morgan fingerprint density at radius 3 is 2.76 bits per heavy atom. The molecule has 2 aromatic carbocycles. The van der Waals surface area contributed by atoms with Gasteiger partial charge in [-0.05, 0) is 73.3 Å². The Morgan fingerprint density at radius 1 is 1.18 bits per heavy atom. The number of hydrogen-bond acceptors (Lipinski definition) is 5. The number of nitrogens with zero attached hydrogens (tertiary/aromatic N) is 4. The fraction of sp³-hybridized carbons (Fsp3) is 0.407. The number of methoxy groups -OCH3 is 1. The molecule has 3 fully saturated rings. The van der Waals surface area contributed by atoms with Gasteiger partial charge in [-0.2, -0.15) is 10.4 Å². The summed E-state index contributed by atoms with van der Waals surface area (Å²) in [6.07, 6.45) is 2.48. The second-order valence-corrected chi connectivity index (χ2v) is 9.29. The van der Waals surface area contributed by atoms with Crippen LogP contribution in [-0.2, 0) is 13.6 Å². The number of nitrogens with one attached hydrogen (secondary N) is 1. The molecule has 6 heteroatoms. The molecule has 3 saturated heterocycles. The van der Waals surface area contributed by atoms with Crippen molar-refractivity contribution in [3.8, 4) is 23.1 Å². The average Bonchev–Trinajstić information content (AvgIpc) is 3.26. The van der Waals surface area contributed by atoms with Gasteiger partial charge in [0.1, 0.15) is 5.75 Å². The van der Waals surface area contributed by atoms with Crippen molar-refractivity contribution in [1.29, 1.82) is 5.26 Å². The van der Waals surface area contributed by atoms with Crippen LogP contribution in [0, 0.1) is 17.2 Å². The summed E-state index contributed by atoms with van der Waals surface area (Å²) in [7, 11) is 3.77. The summed E-state index contributed by atoms with van der Waals surface area (Å²) in [5.41, 5.74) is 5.40. The van der Waals surface area contributed by atoms with E-state index in [1.54, 1.807) is 7.11 Å². The van der Waals surface area contributed by atoms with Gasteiger partial charge in [-0.15, -0.1) is 0 Å². The van der Waals surface area contributed by atoms with Crippen molar-refractivity contribution < 1.29 is 4.74 Å². The number of rotatable bonds is 7. The van der Waals surface area contributed by atoms with Gasteiger partial charge in [-0.1, -0.05) is 12.1 Å². The number of piperidine rings is 3. The summed E-state index contributed by atoms with van der Waals surface area (Å²) >= 11 is 0. The molecule has 6 rings (SSSR count). The summed E-state index contributed by atoms with van der Waals surface area (Å²) in [4.78, 5) is 2.66. The van der Waals surface area contributed by atoms with Crippen LogP contribution < -0.4 is 10.1 Å². The lowest BCUT2D eigenvalue weighted by Crippen LogP contribution is -2.55. The SMILES string of the molecule is COc1ccc(-c2cc(C3CN4CCC3CC4CNCc3cccc(C#N)c3)n(C)n2)cc1. The fourth-order valence-electron chi connectivity index (χ4n) is 5.55. The first-order valence-corrected chi connectivity index (χ1v) is 11.8. The van der Waals surface area contributed by atoms with E-state index in [4.69, 9.17) is 15.1 Å². The molecule has 0 amide bonds. The van der Waals surface area contributed by atoms with Crippen LogP contribution in [0.25, 0.3) is 11.3 Å². The van der Waals surface area contributed by atoms with E-state index in [0.717, 1.165) is 42.2 Å². The maximum Gasteiger partial charge on any atom is 0.118 e. The minimum absolute atomic E-state index is 0.534. The van der Waals surface area contributed by atoms with Gasteiger partial charge in [0, 0.05) is 49.9 Å². The van der Waals surface area contributed by atoms with Gasteiger partial charge in [0.2, 0.25) is 0 Å². The highest BCUT2D eigenvalue weighted by molar-refractivity contribution is 5.60. The Kier molecular flexibility index (Phi) is 6.17. The molecule has 3 aromatic rings. The quantitative estimate of drug-likeness (QED) is 0.602. The third-order valence-electron chi connectivity index (χ3n) is 7.33. The standard InChI is InChI=1S/C27H31N5O/c1-31-27(14-26(30-31)21-6-8-24(33-2)9-7-21)25-18-32-11-10-22(25)13-23(32)17-29-16-20-5-3-4-19(12-20)15-28/h3-9,12,14,22-23,25,29H,10-11,13,16-18H2,1-2H3. The van der Waals surface area contributed by atoms with Gasteiger partial charge >= 0.3 is 0 Å². The van der Waals surface area contributed by atoms with E-state index in [1.807, 2.05) is 30.3 Å². The van der Waals surface area contributed by atoms with E-state index in [2.05, 4.69) is 52.3 Å². The number of aryl methyl sites for hydroxylation is 1. The summed E-state index contributed by atoms with van der Waals surface area (Å²) in [5, 5.41) is 17.6. The Morgan fingerprint density at radius 2 is 2.03 bits per heavy atom. The predicted octanol–water partition coefficient (Wildman–Crippen LogP) is 3.93. The number of hydrogen-bond donors (Lipinski definition) is 1. The molecule has 1 N–H and O–H groups in total. The molecule has 1 aromatic heterocycles. The highest BCUT2D eigenvalue weighted by Crippen LogP contribution is 2.42. The summed E-state index contributed by atoms with van der Waals surface area (Å²) < 4.78 is 7.37. The molecule has 0 saturated carbocycles. The third-order valence-corrected chi connectivity index (χ3v) is 7.33. The van der Waals surface area contributed by atoms with Crippen LogP contribution in [0.15, 0.2) is 54.6 Å². The second-order valence-electron chi connectivity index (χ2n) is 9.29. The van der Waals surface area contributed by atoms with Crippen LogP contribution in [0.1, 0.15) is 35.6 Å². The lowest BCUT2D eigenvalue weighted by molar-refractivity contribution is 0.0282. The van der Waals surface area contributed by atoms with Crippen LogP contribution in [0.5, 0.6) is 5.75 Å². The molecule has 170 valence electrons. The van der Waals surface area contributed by atoms with Crippen LogP contribution in [0.4, 0.5) is 0 Å². The number of fused-ring (bicyclic) bond motifs is 3. The highest BCUT2D eigenvalue weighted by atomic mass is 16.5. The Bertz CT molecular complexity index is 1150. The largest absolute Gasteiger partial charge is 0.497 e. The summed E-state index contributed by atoms with van der Waals surface area (Å²) in [6, 6.07) is 21.1. The van der Waals surface area contributed by atoms with E-state index in [9.17, 15) is 0 Å². The van der Waals surface area contributed by atoms with Crippen molar-refractivity contribution in [3.05, 3.63) is 71.4 Å². The summed E-state index contributed by atoms with van der Waals surface area (Å²) in [5.74, 6) is 2.10. The van der Waals surface area contributed by atoms with E-state index < -0.39 is 0 Å². The van der Waals surface area contributed by atoms with Crippen molar-refractivity contribution in [3.63, 3.8) is 0 Å². The van der Waals surface area contributed by atoms with E-state index in [0.29, 0.717) is 17.9 Å². The molecule has 4 unspecified atom stereocenters. The van der Waals surface area contributed by atoms with Crippen LogP contribution in [-0.4, -0.2) is 47.5 Å². The number of nitriles is 1. The fourth-order valence-corrected chi connectivity index (χ4v) is 5.55. The molecule has 4 atom stereocenters. The molecule has 2 bridgehead atoms. The molecule has 0 radical (unpaired) electrons. The van der Waals surface area contributed by atoms with Gasteiger partial charge in [0.05, 0.1) is 24.4 Å². The lowest BCUT2D eigenvalue weighted by atomic mass is 9.74. The molecule has 3 aliphatic rings. The van der Waals surface area contributed by atoms with Crippen molar-refractivity contribution in [1.82, 2.24) is 20.0 Å². The van der Waals surface area contributed by atoms with Gasteiger partial charge in [-0.25, -0.2) is 0 Å². The maximum absolute atomic E-state index is 9.10. The van der Waals surface area contributed by atoms with E-state index in [1.165, 1.54) is 30.6 Å². The molecule has 4 heterocycles. The number of ether oxygens (including phenoxy) is 1. The number of aromatic nitrogens is 2. The molecule has 0 spiro atoms. The minimum atomic E-state index is 0.534. The Balaban J connectivity index is 1.22. The smallest absolute Gasteiger partial charge is 0.118 e. The Labute approximate surface area is 195 Å². The van der Waals surface area contributed by atoms with Gasteiger partial charge in [-0.3, -0.25) is 9.58 Å². The van der Waals surface area contributed by atoms with E-state index in [-0.39, 0.29) is 0 Å². The van der Waals surface area contributed by atoms with Crippen molar-refractivity contribution in [2.24, 2.45) is 13.0 Å². The molecular weight excluding hydrogens is 410 g/mol. The lowest BCUT2D eigenvalue weighted by Gasteiger charge is -2.50. The predicted molar refractivity (Wildman–Crippen MR) is 129 cm³/mol. The maximum atomic E-state index is 9.10. The van der Waals surface area contributed by atoms with Gasteiger partial charge < -0.3 is 10.1 Å².